The molecule has 1 aromatic heterocycles. The highest BCUT2D eigenvalue weighted by Gasteiger charge is 2.05. The molecular formula is C19H34N4O3. The summed E-state index contributed by atoms with van der Waals surface area (Å²) in [5, 5.41) is 6.49. The fourth-order valence-electron chi connectivity index (χ4n) is 2.10. The normalized spacial score (nSPS) is 11.4. The molecule has 2 N–H and O–H groups in total. The van der Waals surface area contributed by atoms with E-state index in [1.807, 2.05) is 12.1 Å². The molecule has 0 saturated carbocycles. The first-order valence-electron chi connectivity index (χ1n) is 9.48. The van der Waals surface area contributed by atoms with Crippen molar-refractivity contribution in [2.45, 2.75) is 39.7 Å². The molecule has 0 amide bonds. The number of rotatable bonds is 14. The van der Waals surface area contributed by atoms with Gasteiger partial charge >= 0.3 is 0 Å². The molecule has 148 valence electrons. The lowest BCUT2D eigenvalue weighted by molar-refractivity contribution is 0.0487. The zero-order chi connectivity index (χ0) is 18.9. The van der Waals surface area contributed by atoms with E-state index >= 15 is 0 Å². The molecule has 0 unspecified atom stereocenters. The fraction of sp³-hybridized carbons (Fsp3) is 0.684. The number of nitrogens with one attached hydrogen (secondary N) is 2. The summed E-state index contributed by atoms with van der Waals surface area (Å²) in [7, 11) is 1.75. The van der Waals surface area contributed by atoms with Gasteiger partial charge < -0.3 is 24.8 Å². The molecular weight excluding hydrogens is 332 g/mol. The van der Waals surface area contributed by atoms with Crippen LogP contribution in [0.2, 0.25) is 0 Å². The average molecular weight is 367 g/mol. The van der Waals surface area contributed by atoms with Gasteiger partial charge in [-0.3, -0.25) is 4.99 Å². The summed E-state index contributed by atoms with van der Waals surface area (Å²) in [5.74, 6) is 1.39. The van der Waals surface area contributed by atoms with Crippen LogP contribution in [0, 0.1) is 0 Å². The van der Waals surface area contributed by atoms with Crippen LogP contribution in [-0.2, 0) is 16.0 Å². The predicted molar refractivity (Wildman–Crippen MR) is 105 cm³/mol. The summed E-state index contributed by atoms with van der Waals surface area (Å²) in [4.78, 5) is 8.50. The molecule has 7 heteroatoms. The number of hydrogen-bond acceptors (Lipinski definition) is 5. The van der Waals surface area contributed by atoms with Gasteiger partial charge in [0.2, 0.25) is 5.88 Å². The summed E-state index contributed by atoms with van der Waals surface area (Å²) in [6.07, 6.45) is 4.95. The zero-order valence-electron chi connectivity index (χ0n) is 16.4. The quantitative estimate of drug-likeness (QED) is 0.299. The topological polar surface area (TPSA) is 77.0 Å². The minimum Gasteiger partial charge on any atom is -0.477 e. The second-order valence-electron chi connectivity index (χ2n) is 5.75. The minimum absolute atomic E-state index is 0.596. The van der Waals surface area contributed by atoms with Gasteiger partial charge in [0.05, 0.1) is 26.4 Å². The lowest BCUT2D eigenvalue weighted by Gasteiger charge is -2.14. The van der Waals surface area contributed by atoms with Crippen LogP contribution in [0.4, 0.5) is 0 Å². The van der Waals surface area contributed by atoms with Gasteiger partial charge in [-0.15, -0.1) is 0 Å². The smallest absolute Gasteiger partial charge is 0.218 e. The molecule has 0 spiro atoms. The van der Waals surface area contributed by atoms with E-state index in [4.69, 9.17) is 14.2 Å². The van der Waals surface area contributed by atoms with Crippen LogP contribution in [0.1, 0.15) is 38.7 Å². The van der Waals surface area contributed by atoms with Gasteiger partial charge in [-0.05, 0) is 18.9 Å². The molecule has 1 heterocycles. The molecule has 1 rings (SSSR count). The Labute approximate surface area is 157 Å². The summed E-state index contributed by atoms with van der Waals surface area (Å²) < 4.78 is 16.7. The number of unbranched alkanes of at least 4 members (excludes halogenated alkanes) is 1. The Balaban J connectivity index is 2.19. The van der Waals surface area contributed by atoms with Crippen molar-refractivity contribution < 1.29 is 14.2 Å². The van der Waals surface area contributed by atoms with Crippen LogP contribution in [0.15, 0.2) is 23.3 Å². The van der Waals surface area contributed by atoms with Crippen molar-refractivity contribution >= 4 is 5.96 Å². The standard InChI is InChI=1S/C19H34N4O3/c1-4-6-12-24-14-15-25-13-10-22-19(20-3)23-16-17-8-7-9-21-18(17)26-11-5-2/h7-9H,4-6,10-16H2,1-3H3,(H2,20,22,23). The monoisotopic (exact) mass is 366 g/mol. The van der Waals surface area contributed by atoms with Crippen molar-refractivity contribution in [1.29, 1.82) is 0 Å². The predicted octanol–water partition coefficient (Wildman–Crippen LogP) is 2.37. The number of pyridine rings is 1. The Morgan fingerprint density at radius 2 is 1.85 bits per heavy atom. The third-order valence-corrected chi connectivity index (χ3v) is 3.52. The first kappa shape index (κ1) is 22.2. The maximum atomic E-state index is 5.67. The van der Waals surface area contributed by atoms with E-state index in [9.17, 15) is 0 Å². The van der Waals surface area contributed by atoms with Crippen molar-refractivity contribution in [3.63, 3.8) is 0 Å². The number of aliphatic imine (C=N–C) groups is 1. The number of hydrogen-bond donors (Lipinski definition) is 2. The van der Waals surface area contributed by atoms with E-state index in [1.54, 1.807) is 13.2 Å². The van der Waals surface area contributed by atoms with Crippen molar-refractivity contribution in [2.75, 3.05) is 46.6 Å². The Kier molecular flexibility index (Phi) is 13.1. The molecule has 0 aromatic carbocycles. The molecule has 1 aromatic rings. The number of guanidine groups is 1. The van der Waals surface area contributed by atoms with Crippen molar-refractivity contribution in [3.8, 4) is 5.88 Å². The van der Waals surface area contributed by atoms with Crippen LogP contribution >= 0.6 is 0 Å². The summed E-state index contributed by atoms with van der Waals surface area (Å²) in [6, 6.07) is 3.91. The van der Waals surface area contributed by atoms with E-state index in [0.29, 0.717) is 45.4 Å². The van der Waals surface area contributed by atoms with Gasteiger partial charge in [-0.25, -0.2) is 4.98 Å². The van der Waals surface area contributed by atoms with E-state index in [0.717, 1.165) is 37.4 Å². The van der Waals surface area contributed by atoms with E-state index in [-0.39, 0.29) is 0 Å². The lowest BCUT2D eigenvalue weighted by Crippen LogP contribution is -2.38. The molecule has 0 fully saturated rings. The number of ether oxygens (including phenoxy) is 3. The molecule has 0 aliphatic rings. The highest BCUT2D eigenvalue weighted by molar-refractivity contribution is 5.79. The van der Waals surface area contributed by atoms with Gasteiger partial charge in [-0.2, -0.15) is 0 Å². The van der Waals surface area contributed by atoms with Gasteiger partial charge in [0, 0.05) is 38.5 Å². The van der Waals surface area contributed by atoms with Gasteiger partial charge in [0.1, 0.15) is 0 Å². The zero-order valence-corrected chi connectivity index (χ0v) is 16.4. The summed E-state index contributed by atoms with van der Waals surface area (Å²) >= 11 is 0. The van der Waals surface area contributed by atoms with Crippen molar-refractivity contribution in [3.05, 3.63) is 23.9 Å². The third-order valence-electron chi connectivity index (χ3n) is 3.52. The molecule has 0 saturated heterocycles. The fourth-order valence-corrected chi connectivity index (χ4v) is 2.10. The first-order valence-corrected chi connectivity index (χ1v) is 9.48. The van der Waals surface area contributed by atoms with Crippen LogP contribution in [0.3, 0.4) is 0 Å². The Morgan fingerprint density at radius 1 is 1.04 bits per heavy atom. The van der Waals surface area contributed by atoms with Crippen LogP contribution in [0.5, 0.6) is 5.88 Å². The Bertz CT molecular complexity index is 497. The highest BCUT2D eigenvalue weighted by atomic mass is 16.5. The SMILES string of the molecule is CCCCOCCOCCNC(=NC)NCc1cccnc1OCCC. The van der Waals surface area contributed by atoms with E-state index in [1.165, 1.54) is 0 Å². The van der Waals surface area contributed by atoms with Crippen LogP contribution in [0.25, 0.3) is 0 Å². The first-order chi connectivity index (χ1) is 12.8. The molecule has 0 bridgehead atoms. The number of nitrogens with zero attached hydrogens (tertiary/aromatic N) is 2. The van der Waals surface area contributed by atoms with Crippen LogP contribution in [-0.4, -0.2) is 57.6 Å². The van der Waals surface area contributed by atoms with Crippen molar-refractivity contribution in [1.82, 2.24) is 15.6 Å². The average Bonchev–Trinajstić information content (AvgIpc) is 2.68. The summed E-state index contributed by atoms with van der Waals surface area (Å²) in [5.41, 5.74) is 1.00. The maximum Gasteiger partial charge on any atom is 0.218 e. The van der Waals surface area contributed by atoms with Gasteiger partial charge in [-0.1, -0.05) is 26.3 Å². The summed E-state index contributed by atoms with van der Waals surface area (Å²) in [6.45, 7) is 8.85. The highest BCUT2D eigenvalue weighted by Crippen LogP contribution is 2.13. The largest absolute Gasteiger partial charge is 0.477 e. The molecule has 7 nitrogen and oxygen atoms in total. The van der Waals surface area contributed by atoms with Crippen LogP contribution < -0.4 is 15.4 Å². The number of aromatic nitrogens is 1. The molecule has 0 radical (unpaired) electrons. The minimum atomic E-state index is 0.596. The molecule has 26 heavy (non-hydrogen) atoms. The Morgan fingerprint density at radius 3 is 2.58 bits per heavy atom. The van der Waals surface area contributed by atoms with Gasteiger partial charge in [0.15, 0.2) is 5.96 Å². The van der Waals surface area contributed by atoms with Gasteiger partial charge in [0.25, 0.3) is 0 Å². The molecule has 0 atom stereocenters. The second-order valence-corrected chi connectivity index (χ2v) is 5.75. The van der Waals surface area contributed by atoms with E-state index in [2.05, 4.69) is 34.5 Å². The third kappa shape index (κ3) is 10.2. The lowest BCUT2D eigenvalue weighted by atomic mass is 10.2. The Hall–Kier alpha value is -1.86. The second kappa shape index (κ2) is 15.4. The maximum absolute atomic E-state index is 5.67. The molecule has 0 aliphatic carbocycles. The molecule has 0 aliphatic heterocycles. The van der Waals surface area contributed by atoms with E-state index < -0.39 is 0 Å². The van der Waals surface area contributed by atoms with Crippen molar-refractivity contribution in [2.24, 2.45) is 4.99 Å².